The van der Waals surface area contributed by atoms with E-state index in [0.29, 0.717) is 29.2 Å². The first-order valence-corrected chi connectivity index (χ1v) is 11.7. The maximum Gasteiger partial charge on any atom is 0.331 e. The number of benzene rings is 3. The Morgan fingerprint density at radius 2 is 1.68 bits per heavy atom. The van der Waals surface area contributed by atoms with E-state index in [4.69, 9.17) is 14.5 Å². The van der Waals surface area contributed by atoms with Crippen molar-refractivity contribution in [3.8, 4) is 17.4 Å². The Morgan fingerprint density at radius 1 is 0.946 bits per heavy atom. The van der Waals surface area contributed by atoms with E-state index in [1.165, 1.54) is 0 Å². The van der Waals surface area contributed by atoms with Crippen LogP contribution in [0.3, 0.4) is 0 Å². The summed E-state index contributed by atoms with van der Waals surface area (Å²) in [7, 11) is 3.11. The third-order valence-electron chi connectivity index (χ3n) is 6.30. The number of aromatic amines is 1. The molecule has 0 unspecified atom stereocenters. The summed E-state index contributed by atoms with van der Waals surface area (Å²) in [4.78, 5) is 32.6. The van der Waals surface area contributed by atoms with E-state index in [2.05, 4.69) is 4.98 Å². The molecule has 0 radical (unpaired) electrons. The predicted octanol–water partition coefficient (Wildman–Crippen LogP) is 4.18. The van der Waals surface area contributed by atoms with Crippen LogP contribution in [-0.2, 0) is 13.0 Å². The largest absolute Gasteiger partial charge is 0.494 e. The maximum atomic E-state index is 12.8. The Kier molecular flexibility index (Phi) is 6.47. The first-order chi connectivity index (χ1) is 18.0. The molecule has 8 nitrogen and oxygen atoms in total. The lowest BCUT2D eigenvalue weighted by Gasteiger charge is -2.13. The van der Waals surface area contributed by atoms with Gasteiger partial charge in [0.2, 0.25) is 5.88 Å². The number of fused-ring (bicyclic) bond motifs is 1. The van der Waals surface area contributed by atoms with E-state index in [0.717, 1.165) is 26.9 Å². The number of nitrogens with one attached hydrogen (secondary N) is 1. The highest BCUT2D eigenvalue weighted by molar-refractivity contribution is 6.39. The Labute approximate surface area is 212 Å². The number of hydrogen-bond acceptors (Lipinski definition) is 6. The number of H-pyrrole nitrogens is 1. The minimum atomic E-state index is -0.686. The fourth-order valence-corrected chi connectivity index (χ4v) is 4.40. The summed E-state index contributed by atoms with van der Waals surface area (Å²) in [6, 6.07) is 22.7. The van der Waals surface area contributed by atoms with Gasteiger partial charge in [0.05, 0.1) is 25.6 Å². The van der Waals surface area contributed by atoms with Crippen LogP contribution in [0, 0.1) is 0 Å². The quantitative estimate of drug-likeness (QED) is 0.400. The molecule has 0 bridgehead atoms. The van der Waals surface area contributed by atoms with Crippen molar-refractivity contribution in [1.82, 2.24) is 9.55 Å². The molecule has 1 aliphatic rings. The fourth-order valence-electron chi connectivity index (χ4n) is 4.40. The molecule has 0 spiro atoms. The van der Waals surface area contributed by atoms with Crippen LogP contribution in [0.5, 0.6) is 17.4 Å². The highest BCUT2D eigenvalue weighted by Crippen LogP contribution is 2.38. The summed E-state index contributed by atoms with van der Waals surface area (Å²) in [5.74, 6) is 0.756. The van der Waals surface area contributed by atoms with E-state index >= 15 is 0 Å². The first kappa shape index (κ1) is 23.9. The number of hydrogen-bond donors (Lipinski definition) is 2. The number of rotatable bonds is 7. The van der Waals surface area contributed by atoms with Crippen LogP contribution in [0.2, 0.25) is 0 Å². The molecule has 0 aliphatic carbocycles. The normalized spacial score (nSPS) is 13.4. The Hall–Kier alpha value is -4.85. The van der Waals surface area contributed by atoms with Crippen LogP contribution >= 0.6 is 0 Å². The lowest BCUT2D eigenvalue weighted by molar-refractivity contribution is 0.354. The lowest BCUT2D eigenvalue weighted by atomic mass is 9.96. The maximum absolute atomic E-state index is 12.8. The van der Waals surface area contributed by atoms with Gasteiger partial charge in [-0.3, -0.25) is 14.3 Å². The average molecular weight is 496 g/mol. The third kappa shape index (κ3) is 4.56. The second-order valence-corrected chi connectivity index (χ2v) is 8.49. The predicted molar refractivity (Wildman–Crippen MR) is 143 cm³/mol. The molecule has 2 N–H and O–H groups in total. The molecule has 3 aromatic carbocycles. The van der Waals surface area contributed by atoms with Gasteiger partial charge < -0.3 is 14.6 Å². The van der Waals surface area contributed by atoms with Crippen molar-refractivity contribution in [1.29, 1.82) is 0 Å². The van der Waals surface area contributed by atoms with Crippen LogP contribution in [0.4, 0.5) is 5.69 Å². The van der Waals surface area contributed by atoms with Crippen molar-refractivity contribution in [2.24, 2.45) is 4.99 Å². The van der Waals surface area contributed by atoms with Gasteiger partial charge in [0.25, 0.3) is 5.56 Å². The molecule has 2 heterocycles. The van der Waals surface area contributed by atoms with E-state index in [1.807, 2.05) is 66.7 Å². The molecule has 0 atom stereocenters. The molecule has 0 saturated carbocycles. The van der Waals surface area contributed by atoms with Gasteiger partial charge >= 0.3 is 5.69 Å². The van der Waals surface area contributed by atoms with Gasteiger partial charge in [-0.25, -0.2) is 9.79 Å². The molecule has 186 valence electrons. The van der Waals surface area contributed by atoms with Crippen molar-refractivity contribution in [3.63, 3.8) is 0 Å². The number of aromatic hydroxyl groups is 1. The number of aliphatic imine (C=N–C) groups is 1. The Balaban J connectivity index is 1.55. The summed E-state index contributed by atoms with van der Waals surface area (Å²) in [5, 5.41) is 11.1. The average Bonchev–Trinajstić information content (AvgIpc) is 3.29. The number of nitrogens with zero attached hydrogens (tertiary/aromatic N) is 2. The molecular formula is C29H25N3O5. The minimum Gasteiger partial charge on any atom is -0.494 e. The number of aryl methyl sites for hydroxylation is 1. The molecule has 1 aliphatic heterocycles. The summed E-state index contributed by atoms with van der Waals surface area (Å²) in [6.07, 6.45) is 2.01. The number of para-hydroxylation sites is 1. The molecule has 0 fully saturated rings. The van der Waals surface area contributed by atoms with Crippen molar-refractivity contribution in [2.45, 2.75) is 13.0 Å². The summed E-state index contributed by atoms with van der Waals surface area (Å²) >= 11 is 0. The fraction of sp³-hybridized carbons (Fsp3) is 0.138. The van der Waals surface area contributed by atoms with Crippen molar-refractivity contribution in [2.75, 3.05) is 14.2 Å². The van der Waals surface area contributed by atoms with Gasteiger partial charge in [0.1, 0.15) is 5.56 Å². The topological polar surface area (TPSA) is 106 Å². The van der Waals surface area contributed by atoms with Gasteiger partial charge in [0.15, 0.2) is 11.5 Å². The van der Waals surface area contributed by atoms with Gasteiger partial charge in [-0.1, -0.05) is 54.6 Å². The Bertz CT molecular complexity index is 1650. The van der Waals surface area contributed by atoms with E-state index < -0.39 is 17.1 Å². The molecule has 1 aromatic heterocycles. The zero-order chi connectivity index (χ0) is 25.9. The highest BCUT2D eigenvalue weighted by Gasteiger charge is 2.23. The van der Waals surface area contributed by atoms with Crippen LogP contribution in [0.15, 0.2) is 87.4 Å². The van der Waals surface area contributed by atoms with Gasteiger partial charge in [-0.15, -0.1) is 0 Å². The third-order valence-corrected chi connectivity index (χ3v) is 6.30. The Morgan fingerprint density at radius 3 is 2.43 bits per heavy atom. The van der Waals surface area contributed by atoms with Crippen LogP contribution < -0.4 is 20.7 Å². The lowest BCUT2D eigenvalue weighted by Crippen LogP contribution is -2.32. The molecule has 4 aromatic rings. The van der Waals surface area contributed by atoms with Gasteiger partial charge in [-0.2, -0.15) is 0 Å². The summed E-state index contributed by atoms with van der Waals surface area (Å²) < 4.78 is 11.8. The SMILES string of the molecule is COc1ccc(CCn2c(O)c(C=C3C(c4ccccc4)=Nc4ccccc43)c(=O)[nH]c2=O)cc1OC. The number of allylic oxidation sites excluding steroid dienone is 1. The molecule has 37 heavy (non-hydrogen) atoms. The zero-order valence-electron chi connectivity index (χ0n) is 20.4. The van der Waals surface area contributed by atoms with Crippen LogP contribution in [0.25, 0.3) is 11.6 Å². The molecule has 0 saturated heterocycles. The van der Waals surface area contributed by atoms with Crippen molar-refractivity contribution in [3.05, 3.63) is 116 Å². The minimum absolute atomic E-state index is 0.0118. The summed E-state index contributed by atoms with van der Waals surface area (Å²) in [5.41, 5.74) is 3.36. The van der Waals surface area contributed by atoms with Crippen molar-refractivity contribution >= 4 is 23.0 Å². The number of aromatic nitrogens is 2. The summed E-state index contributed by atoms with van der Waals surface area (Å²) in [6.45, 7) is 0.142. The standard InChI is InChI=1S/C29H25N3O5/c1-36-24-13-12-18(16-25(24)37-2)14-15-32-28(34)22(27(33)31-29(32)35)17-21-20-10-6-7-11-23(20)30-26(21)19-8-4-3-5-9-19/h3-13,16-17,34H,14-15H2,1-2H3,(H,31,33,35). The molecule has 5 rings (SSSR count). The van der Waals surface area contributed by atoms with Crippen molar-refractivity contribution < 1.29 is 14.6 Å². The van der Waals surface area contributed by atoms with E-state index in [1.54, 1.807) is 26.4 Å². The van der Waals surface area contributed by atoms with E-state index in [-0.39, 0.29) is 12.1 Å². The molecular weight excluding hydrogens is 470 g/mol. The van der Waals surface area contributed by atoms with Crippen LogP contribution in [-0.4, -0.2) is 34.6 Å². The molecule has 8 heteroatoms. The van der Waals surface area contributed by atoms with Crippen LogP contribution in [0.1, 0.15) is 22.3 Å². The van der Waals surface area contributed by atoms with Gasteiger partial charge in [0, 0.05) is 23.2 Å². The zero-order valence-corrected chi connectivity index (χ0v) is 20.4. The van der Waals surface area contributed by atoms with Gasteiger partial charge in [-0.05, 0) is 36.3 Å². The number of methoxy groups -OCH3 is 2. The molecule has 0 amide bonds. The second kappa shape index (κ2) is 10.0. The monoisotopic (exact) mass is 495 g/mol. The van der Waals surface area contributed by atoms with E-state index in [9.17, 15) is 14.7 Å². The first-order valence-electron chi connectivity index (χ1n) is 11.7. The number of ether oxygens (including phenoxy) is 2. The smallest absolute Gasteiger partial charge is 0.331 e. The highest BCUT2D eigenvalue weighted by atomic mass is 16.5. The second-order valence-electron chi connectivity index (χ2n) is 8.49.